The van der Waals surface area contributed by atoms with Crippen molar-refractivity contribution >= 4 is 5.91 Å². The lowest BCUT2D eigenvalue weighted by Crippen LogP contribution is -2.35. The van der Waals surface area contributed by atoms with E-state index in [0.717, 1.165) is 25.9 Å². The fourth-order valence-corrected chi connectivity index (χ4v) is 2.47. The fraction of sp³-hybridized carbons (Fsp3) is 0.562. The molecule has 1 aliphatic rings. The van der Waals surface area contributed by atoms with E-state index >= 15 is 0 Å². The summed E-state index contributed by atoms with van der Waals surface area (Å²) < 4.78 is 18.7. The summed E-state index contributed by atoms with van der Waals surface area (Å²) in [4.78, 5) is 13.8. The zero-order valence-corrected chi connectivity index (χ0v) is 12.5. The van der Waals surface area contributed by atoms with Gasteiger partial charge in [-0.3, -0.25) is 4.79 Å². The maximum absolute atomic E-state index is 13.4. The first-order valence-corrected chi connectivity index (χ1v) is 7.49. The summed E-state index contributed by atoms with van der Waals surface area (Å²) in [5, 5.41) is 3.29. The molecule has 0 radical (unpaired) electrons. The van der Waals surface area contributed by atoms with Crippen LogP contribution in [0.4, 0.5) is 4.39 Å². The normalized spacial score (nSPS) is 15.7. The molecule has 0 saturated carbocycles. The minimum absolute atomic E-state index is 0.138. The minimum Gasteiger partial charge on any atom is -0.489 e. The fourth-order valence-electron chi connectivity index (χ4n) is 2.47. The highest BCUT2D eigenvalue weighted by Crippen LogP contribution is 2.17. The number of nitrogens with zero attached hydrogens (tertiary/aromatic N) is 1. The minimum atomic E-state index is -0.374. The van der Waals surface area contributed by atoms with E-state index in [4.69, 9.17) is 4.74 Å². The van der Waals surface area contributed by atoms with E-state index in [1.54, 1.807) is 30.1 Å². The molecule has 1 aromatic carbocycles. The molecule has 0 unspecified atom stereocenters. The third kappa shape index (κ3) is 5.01. The Hall–Kier alpha value is -1.62. The Morgan fingerprint density at radius 1 is 1.38 bits per heavy atom. The second-order valence-electron chi connectivity index (χ2n) is 5.49. The number of hydrogen-bond donors (Lipinski definition) is 1. The molecule has 1 aliphatic heterocycles. The molecule has 1 aromatic rings. The van der Waals surface area contributed by atoms with Gasteiger partial charge in [-0.1, -0.05) is 12.1 Å². The Morgan fingerprint density at radius 2 is 2.10 bits per heavy atom. The maximum Gasteiger partial charge on any atom is 0.222 e. The lowest BCUT2D eigenvalue weighted by atomic mass is 9.94. The van der Waals surface area contributed by atoms with E-state index in [9.17, 15) is 9.18 Å². The van der Waals surface area contributed by atoms with Crippen molar-refractivity contribution in [2.24, 2.45) is 5.92 Å². The van der Waals surface area contributed by atoms with E-state index in [2.05, 4.69) is 5.32 Å². The molecule has 0 spiro atoms. The summed E-state index contributed by atoms with van der Waals surface area (Å²) in [6.07, 6.45) is 2.72. The van der Waals surface area contributed by atoms with Crippen LogP contribution in [-0.4, -0.2) is 44.1 Å². The maximum atomic E-state index is 13.4. The number of rotatable bonds is 6. The predicted octanol–water partition coefficient (Wildman–Crippen LogP) is 2.05. The topological polar surface area (TPSA) is 41.6 Å². The van der Waals surface area contributed by atoms with Crippen LogP contribution in [0.15, 0.2) is 24.3 Å². The average molecular weight is 294 g/mol. The zero-order valence-electron chi connectivity index (χ0n) is 12.5. The zero-order chi connectivity index (χ0) is 15.1. The number of benzene rings is 1. The third-order valence-electron chi connectivity index (χ3n) is 3.87. The van der Waals surface area contributed by atoms with Gasteiger partial charge in [-0.05, 0) is 44.0 Å². The van der Waals surface area contributed by atoms with E-state index < -0.39 is 0 Å². The van der Waals surface area contributed by atoms with Crippen molar-refractivity contribution in [1.29, 1.82) is 0 Å². The molecule has 1 amide bonds. The molecule has 0 aliphatic carbocycles. The Labute approximate surface area is 125 Å². The summed E-state index contributed by atoms with van der Waals surface area (Å²) in [6.45, 7) is 2.77. The van der Waals surface area contributed by atoms with E-state index in [0.29, 0.717) is 25.5 Å². The van der Waals surface area contributed by atoms with Crippen LogP contribution in [0.3, 0.4) is 0 Å². The quantitative estimate of drug-likeness (QED) is 0.873. The summed E-state index contributed by atoms with van der Waals surface area (Å²) in [5.41, 5.74) is 0. The van der Waals surface area contributed by atoms with Crippen LogP contribution < -0.4 is 10.1 Å². The molecule has 1 saturated heterocycles. The number of ether oxygens (including phenoxy) is 1. The second-order valence-corrected chi connectivity index (χ2v) is 5.49. The Bertz CT molecular complexity index is 461. The molecular weight excluding hydrogens is 271 g/mol. The van der Waals surface area contributed by atoms with E-state index in [1.807, 2.05) is 0 Å². The molecule has 1 heterocycles. The molecule has 0 bridgehead atoms. The van der Waals surface area contributed by atoms with Gasteiger partial charge in [0.2, 0.25) is 5.91 Å². The van der Waals surface area contributed by atoms with Crippen LogP contribution in [0.25, 0.3) is 0 Å². The number of para-hydroxylation sites is 1. The lowest BCUT2D eigenvalue weighted by molar-refractivity contribution is -0.131. The summed E-state index contributed by atoms with van der Waals surface area (Å²) >= 11 is 0. The van der Waals surface area contributed by atoms with Crippen molar-refractivity contribution in [3.63, 3.8) is 0 Å². The van der Waals surface area contributed by atoms with Gasteiger partial charge >= 0.3 is 0 Å². The first-order chi connectivity index (χ1) is 10.2. The Balaban J connectivity index is 1.70. The molecule has 1 N–H and O–H groups in total. The summed E-state index contributed by atoms with van der Waals surface area (Å²) in [7, 11) is 1.77. The molecule has 0 atom stereocenters. The van der Waals surface area contributed by atoms with Gasteiger partial charge in [0.1, 0.15) is 6.61 Å². The van der Waals surface area contributed by atoms with Crippen molar-refractivity contribution in [3.8, 4) is 5.75 Å². The molecule has 2 rings (SSSR count). The van der Waals surface area contributed by atoms with Gasteiger partial charge in [-0.15, -0.1) is 0 Å². The van der Waals surface area contributed by atoms with Crippen molar-refractivity contribution in [1.82, 2.24) is 10.2 Å². The highest BCUT2D eigenvalue weighted by Gasteiger charge is 2.19. The average Bonchev–Trinajstić information content (AvgIpc) is 2.50. The SMILES string of the molecule is CN(CCOc1ccccc1F)C(=O)CC1CCNCC1. The van der Waals surface area contributed by atoms with E-state index in [1.165, 1.54) is 6.07 Å². The number of hydrogen-bond acceptors (Lipinski definition) is 3. The first kappa shape index (κ1) is 15.8. The van der Waals surface area contributed by atoms with Crippen molar-refractivity contribution in [2.75, 3.05) is 33.3 Å². The molecule has 4 nitrogen and oxygen atoms in total. The van der Waals surface area contributed by atoms with Gasteiger partial charge in [-0.25, -0.2) is 4.39 Å². The highest BCUT2D eigenvalue weighted by molar-refractivity contribution is 5.76. The van der Waals surface area contributed by atoms with Gasteiger partial charge in [0, 0.05) is 13.5 Å². The van der Waals surface area contributed by atoms with Crippen molar-refractivity contribution in [2.45, 2.75) is 19.3 Å². The first-order valence-electron chi connectivity index (χ1n) is 7.49. The van der Waals surface area contributed by atoms with E-state index in [-0.39, 0.29) is 17.5 Å². The van der Waals surface area contributed by atoms with Crippen LogP contribution in [0.2, 0.25) is 0 Å². The van der Waals surface area contributed by atoms with Crippen LogP contribution in [0.5, 0.6) is 5.75 Å². The number of carbonyl (C=O) groups is 1. The van der Waals surface area contributed by atoms with Gasteiger partial charge in [0.25, 0.3) is 0 Å². The van der Waals surface area contributed by atoms with Crippen molar-refractivity contribution in [3.05, 3.63) is 30.1 Å². The highest BCUT2D eigenvalue weighted by atomic mass is 19.1. The largest absolute Gasteiger partial charge is 0.489 e. The monoisotopic (exact) mass is 294 g/mol. The van der Waals surface area contributed by atoms with Crippen LogP contribution >= 0.6 is 0 Å². The molecule has 0 aromatic heterocycles. The van der Waals surface area contributed by atoms with Gasteiger partial charge < -0.3 is 15.0 Å². The van der Waals surface area contributed by atoms with Crippen molar-refractivity contribution < 1.29 is 13.9 Å². The Kier molecular flexibility index (Phi) is 5.99. The van der Waals surface area contributed by atoms with Gasteiger partial charge in [-0.2, -0.15) is 0 Å². The number of amides is 1. The lowest BCUT2D eigenvalue weighted by Gasteiger charge is -2.25. The summed E-state index contributed by atoms with van der Waals surface area (Å²) in [5.74, 6) is 0.477. The third-order valence-corrected chi connectivity index (χ3v) is 3.87. The van der Waals surface area contributed by atoms with Crippen LogP contribution in [0.1, 0.15) is 19.3 Å². The number of piperidine rings is 1. The molecule has 5 heteroatoms. The smallest absolute Gasteiger partial charge is 0.222 e. The number of nitrogens with one attached hydrogen (secondary N) is 1. The summed E-state index contributed by atoms with van der Waals surface area (Å²) in [6, 6.07) is 6.30. The molecular formula is C16H23FN2O2. The molecule has 1 fully saturated rings. The second kappa shape index (κ2) is 7.98. The predicted molar refractivity (Wildman–Crippen MR) is 79.7 cm³/mol. The number of carbonyl (C=O) groups excluding carboxylic acids is 1. The standard InChI is InChI=1S/C16H23FN2O2/c1-19(16(20)12-13-6-8-18-9-7-13)10-11-21-15-5-3-2-4-14(15)17/h2-5,13,18H,6-12H2,1H3. The van der Waals surface area contributed by atoms with Gasteiger partial charge in [0.15, 0.2) is 11.6 Å². The Morgan fingerprint density at radius 3 is 2.81 bits per heavy atom. The number of likely N-dealkylation sites (N-methyl/N-ethyl adjacent to an activating group) is 1. The van der Waals surface area contributed by atoms with Crippen LogP contribution in [0, 0.1) is 11.7 Å². The number of halogens is 1. The molecule has 116 valence electrons. The molecule has 21 heavy (non-hydrogen) atoms. The van der Waals surface area contributed by atoms with Gasteiger partial charge in [0.05, 0.1) is 6.54 Å². The van der Waals surface area contributed by atoms with Crippen LogP contribution in [-0.2, 0) is 4.79 Å².